The SMILES string of the molecule is CC1CCN(c2ccccc2C(F)(F)F)CCC(C)N1. The standard InChI is InChI=1S/C15H21F3N2/c1-11-7-9-20(10-8-12(2)19-11)14-6-4-3-5-13(14)15(16,17)18/h3-6,11-12,19H,7-10H2,1-2H3. The summed E-state index contributed by atoms with van der Waals surface area (Å²) in [6.07, 6.45) is -2.61. The van der Waals surface area contributed by atoms with Crippen LogP contribution in [0.1, 0.15) is 32.3 Å². The minimum absolute atomic E-state index is 0.307. The van der Waals surface area contributed by atoms with Crippen molar-refractivity contribution in [2.75, 3.05) is 18.0 Å². The molecule has 2 rings (SSSR count). The van der Waals surface area contributed by atoms with E-state index in [4.69, 9.17) is 0 Å². The number of hydrogen-bond donors (Lipinski definition) is 1. The molecule has 1 aliphatic rings. The molecule has 0 bridgehead atoms. The van der Waals surface area contributed by atoms with E-state index in [0.717, 1.165) is 12.8 Å². The van der Waals surface area contributed by atoms with Crippen molar-refractivity contribution >= 4 is 5.69 Å². The average Bonchev–Trinajstić information content (AvgIpc) is 2.36. The second kappa shape index (κ2) is 6.04. The van der Waals surface area contributed by atoms with Crippen LogP contribution in [0.4, 0.5) is 18.9 Å². The third-order valence-electron chi connectivity index (χ3n) is 3.78. The zero-order valence-electron chi connectivity index (χ0n) is 11.9. The van der Waals surface area contributed by atoms with E-state index in [1.54, 1.807) is 12.1 Å². The highest BCUT2D eigenvalue weighted by molar-refractivity contribution is 5.55. The van der Waals surface area contributed by atoms with Gasteiger partial charge < -0.3 is 10.2 Å². The third-order valence-corrected chi connectivity index (χ3v) is 3.78. The fourth-order valence-electron chi connectivity index (χ4n) is 2.69. The molecular formula is C15H21F3N2. The van der Waals surface area contributed by atoms with Gasteiger partial charge in [0.2, 0.25) is 0 Å². The predicted molar refractivity (Wildman–Crippen MR) is 75.0 cm³/mol. The summed E-state index contributed by atoms with van der Waals surface area (Å²) in [7, 11) is 0. The second-order valence-corrected chi connectivity index (χ2v) is 5.55. The molecule has 2 atom stereocenters. The Hall–Kier alpha value is -1.23. The maximum absolute atomic E-state index is 13.1. The van der Waals surface area contributed by atoms with Crippen LogP contribution < -0.4 is 10.2 Å². The maximum Gasteiger partial charge on any atom is 0.418 e. The number of nitrogens with one attached hydrogen (secondary N) is 1. The molecule has 0 aliphatic carbocycles. The molecule has 0 saturated carbocycles. The number of halogens is 3. The van der Waals surface area contributed by atoms with E-state index in [0.29, 0.717) is 30.9 Å². The monoisotopic (exact) mass is 286 g/mol. The first-order valence-electron chi connectivity index (χ1n) is 7.05. The highest BCUT2D eigenvalue weighted by atomic mass is 19.4. The Morgan fingerprint density at radius 1 is 1.05 bits per heavy atom. The zero-order valence-corrected chi connectivity index (χ0v) is 11.9. The summed E-state index contributed by atoms with van der Waals surface area (Å²) in [5.41, 5.74) is -0.227. The maximum atomic E-state index is 13.1. The van der Waals surface area contributed by atoms with Gasteiger partial charge in [0.25, 0.3) is 0 Å². The molecule has 0 radical (unpaired) electrons. The molecule has 1 fully saturated rings. The Morgan fingerprint density at radius 3 is 2.15 bits per heavy atom. The third kappa shape index (κ3) is 3.66. The van der Waals surface area contributed by atoms with Gasteiger partial charge in [-0.15, -0.1) is 0 Å². The molecule has 1 heterocycles. The summed E-state index contributed by atoms with van der Waals surface area (Å²) in [4.78, 5) is 1.87. The van der Waals surface area contributed by atoms with Gasteiger partial charge in [0.05, 0.1) is 5.56 Å². The number of anilines is 1. The van der Waals surface area contributed by atoms with Crippen LogP contribution in [0.2, 0.25) is 0 Å². The first kappa shape index (κ1) is 15.2. The van der Waals surface area contributed by atoms with Crippen molar-refractivity contribution < 1.29 is 13.2 Å². The van der Waals surface area contributed by atoms with Gasteiger partial charge in [-0.2, -0.15) is 13.2 Å². The Kier molecular flexibility index (Phi) is 4.58. The fourth-order valence-corrected chi connectivity index (χ4v) is 2.69. The van der Waals surface area contributed by atoms with Crippen LogP contribution in [0.5, 0.6) is 0 Å². The number of nitrogens with zero attached hydrogens (tertiary/aromatic N) is 1. The average molecular weight is 286 g/mol. The normalized spacial score (nSPS) is 25.1. The Balaban J connectivity index is 2.25. The number of benzene rings is 1. The van der Waals surface area contributed by atoms with E-state index < -0.39 is 11.7 Å². The smallest absolute Gasteiger partial charge is 0.371 e. The van der Waals surface area contributed by atoms with Gasteiger partial charge in [0.1, 0.15) is 0 Å². The van der Waals surface area contributed by atoms with Gasteiger partial charge in [-0.25, -0.2) is 0 Å². The van der Waals surface area contributed by atoms with Crippen molar-refractivity contribution in [2.24, 2.45) is 0 Å². The molecule has 1 aromatic carbocycles. The number of rotatable bonds is 1. The quantitative estimate of drug-likeness (QED) is 0.847. The fraction of sp³-hybridized carbons (Fsp3) is 0.600. The zero-order chi connectivity index (χ0) is 14.8. The van der Waals surface area contributed by atoms with Crippen molar-refractivity contribution in [1.82, 2.24) is 5.32 Å². The Labute approximate surface area is 118 Å². The van der Waals surface area contributed by atoms with Gasteiger partial charge >= 0.3 is 6.18 Å². The van der Waals surface area contributed by atoms with E-state index >= 15 is 0 Å². The molecule has 2 nitrogen and oxygen atoms in total. The van der Waals surface area contributed by atoms with Gasteiger partial charge in [-0.05, 0) is 38.8 Å². The topological polar surface area (TPSA) is 15.3 Å². The summed E-state index contributed by atoms with van der Waals surface area (Å²) in [6.45, 7) is 5.45. The Bertz CT molecular complexity index is 433. The van der Waals surface area contributed by atoms with Gasteiger partial charge in [0, 0.05) is 30.9 Å². The summed E-state index contributed by atoms with van der Waals surface area (Å²) in [6, 6.07) is 6.51. The molecule has 2 unspecified atom stereocenters. The molecule has 112 valence electrons. The second-order valence-electron chi connectivity index (χ2n) is 5.55. The first-order chi connectivity index (χ1) is 9.38. The molecular weight excluding hydrogens is 265 g/mol. The van der Waals surface area contributed by atoms with Crippen LogP contribution in [-0.2, 0) is 6.18 Å². The van der Waals surface area contributed by atoms with Gasteiger partial charge in [0.15, 0.2) is 0 Å². The lowest BCUT2D eigenvalue weighted by Crippen LogP contribution is -2.43. The Morgan fingerprint density at radius 2 is 1.60 bits per heavy atom. The summed E-state index contributed by atoms with van der Waals surface area (Å²) in [5.74, 6) is 0. The molecule has 1 aliphatic heterocycles. The molecule has 1 N–H and O–H groups in total. The van der Waals surface area contributed by atoms with Gasteiger partial charge in [-0.1, -0.05) is 12.1 Å². The predicted octanol–water partition coefficient (Wildman–Crippen LogP) is 3.67. The number of alkyl halides is 3. The lowest BCUT2D eigenvalue weighted by Gasteiger charge is -2.33. The number of hydrogen-bond acceptors (Lipinski definition) is 2. The highest BCUT2D eigenvalue weighted by Crippen LogP contribution is 2.36. The van der Waals surface area contributed by atoms with E-state index in [1.807, 2.05) is 4.90 Å². The summed E-state index contributed by atoms with van der Waals surface area (Å²) in [5, 5.41) is 3.45. The van der Waals surface area contributed by atoms with Crippen molar-refractivity contribution in [3.63, 3.8) is 0 Å². The minimum atomic E-state index is -4.30. The summed E-state index contributed by atoms with van der Waals surface area (Å²) < 4.78 is 39.3. The van der Waals surface area contributed by atoms with Crippen molar-refractivity contribution in [3.05, 3.63) is 29.8 Å². The summed E-state index contributed by atoms with van der Waals surface area (Å²) >= 11 is 0. The van der Waals surface area contributed by atoms with Crippen LogP contribution in [0.25, 0.3) is 0 Å². The van der Waals surface area contributed by atoms with E-state index in [2.05, 4.69) is 19.2 Å². The molecule has 20 heavy (non-hydrogen) atoms. The lowest BCUT2D eigenvalue weighted by atomic mass is 10.1. The molecule has 1 aromatic rings. The number of para-hydroxylation sites is 1. The molecule has 1 saturated heterocycles. The van der Waals surface area contributed by atoms with Crippen LogP contribution in [0, 0.1) is 0 Å². The highest BCUT2D eigenvalue weighted by Gasteiger charge is 2.34. The molecule has 5 heteroatoms. The lowest BCUT2D eigenvalue weighted by molar-refractivity contribution is -0.137. The van der Waals surface area contributed by atoms with Crippen molar-refractivity contribution in [3.8, 4) is 0 Å². The van der Waals surface area contributed by atoms with Crippen LogP contribution in [-0.4, -0.2) is 25.2 Å². The van der Waals surface area contributed by atoms with Crippen molar-refractivity contribution in [1.29, 1.82) is 0 Å². The minimum Gasteiger partial charge on any atom is -0.371 e. The molecule has 0 spiro atoms. The van der Waals surface area contributed by atoms with E-state index in [9.17, 15) is 13.2 Å². The van der Waals surface area contributed by atoms with E-state index in [1.165, 1.54) is 12.1 Å². The van der Waals surface area contributed by atoms with Crippen LogP contribution in [0.15, 0.2) is 24.3 Å². The first-order valence-corrected chi connectivity index (χ1v) is 7.05. The molecule has 0 amide bonds. The van der Waals surface area contributed by atoms with Crippen molar-refractivity contribution in [2.45, 2.75) is 44.9 Å². The van der Waals surface area contributed by atoms with E-state index in [-0.39, 0.29) is 0 Å². The van der Waals surface area contributed by atoms with Gasteiger partial charge in [-0.3, -0.25) is 0 Å². The largest absolute Gasteiger partial charge is 0.418 e. The van der Waals surface area contributed by atoms with Crippen LogP contribution in [0.3, 0.4) is 0 Å². The molecule has 0 aromatic heterocycles. The van der Waals surface area contributed by atoms with Crippen LogP contribution >= 0.6 is 0 Å².